The number of benzene rings is 1. The molecular formula is C14H14O3. The zero-order chi connectivity index (χ0) is 12.5. The average Bonchev–Trinajstić information content (AvgIpc) is 2.34. The van der Waals surface area contributed by atoms with E-state index < -0.39 is 5.60 Å². The normalized spacial score (nSPS) is 22.7. The SMILES string of the molecule is C=CCC1(O)C(OC)=CC(=O)c2ccccc21. The fraction of sp³-hybridized carbons (Fsp3) is 0.214. The number of ketones is 1. The van der Waals surface area contributed by atoms with Crippen molar-refractivity contribution in [2.75, 3.05) is 7.11 Å². The lowest BCUT2D eigenvalue weighted by Crippen LogP contribution is -2.34. The first kappa shape index (κ1) is 11.6. The molecule has 0 saturated carbocycles. The van der Waals surface area contributed by atoms with Crippen LogP contribution in [-0.4, -0.2) is 18.0 Å². The van der Waals surface area contributed by atoms with E-state index in [-0.39, 0.29) is 11.5 Å². The second kappa shape index (κ2) is 4.18. The van der Waals surface area contributed by atoms with E-state index in [1.807, 2.05) is 0 Å². The Morgan fingerprint density at radius 2 is 2.18 bits per heavy atom. The van der Waals surface area contributed by atoms with Crippen LogP contribution in [0.1, 0.15) is 22.3 Å². The van der Waals surface area contributed by atoms with Crippen LogP contribution in [-0.2, 0) is 10.3 Å². The van der Waals surface area contributed by atoms with Crippen molar-refractivity contribution in [1.29, 1.82) is 0 Å². The summed E-state index contributed by atoms with van der Waals surface area (Å²) in [5, 5.41) is 10.7. The Morgan fingerprint density at radius 1 is 1.47 bits per heavy atom. The topological polar surface area (TPSA) is 46.5 Å². The van der Waals surface area contributed by atoms with E-state index in [4.69, 9.17) is 4.74 Å². The Bertz CT molecular complexity index is 502. The summed E-state index contributed by atoms with van der Waals surface area (Å²) in [6, 6.07) is 7.01. The molecule has 0 bridgehead atoms. The second-order valence-electron chi connectivity index (χ2n) is 3.98. The van der Waals surface area contributed by atoms with Gasteiger partial charge < -0.3 is 9.84 Å². The molecule has 0 heterocycles. The summed E-state index contributed by atoms with van der Waals surface area (Å²) in [5.74, 6) is 0.118. The van der Waals surface area contributed by atoms with Gasteiger partial charge in [0.15, 0.2) is 11.4 Å². The first-order valence-electron chi connectivity index (χ1n) is 5.36. The smallest absolute Gasteiger partial charge is 0.189 e. The lowest BCUT2D eigenvalue weighted by atomic mass is 9.80. The van der Waals surface area contributed by atoms with Gasteiger partial charge in [0.2, 0.25) is 0 Å². The van der Waals surface area contributed by atoms with Crippen LogP contribution in [0.4, 0.5) is 0 Å². The third-order valence-electron chi connectivity index (χ3n) is 2.97. The van der Waals surface area contributed by atoms with Crippen molar-refractivity contribution in [2.24, 2.45) is 0 Å². The molecule has 1 atom stereocenters. The highest BCUT2D eigenvalue weighted by atomic mass is 16.5. The third kappa shape index (κ3) is 1.68. The quantitative estimate of drug-likeness (QED) is 0.809. The summed E-state index contributed by atoms with van der Waals surface area (Å²) < 4.78 is 5.13. The van der Waals surface area contributed by atoms with Gasteiger partial charge in [-0.3, -0.25) is 4.79 Å². The van der Waals surface area contributed by atoms with Crippen molar-refractivity contribution in [1.82, 2.24) is 0 Å². The van der Waals surface area contributed by atoms with Crippen molar-refractivity contribution in [3.8, 4) is 0 Å². The molecule has 0 saturated heterocycles. The van der Waals surface area contributed by atoms with E-state index in [1.54, 1.807) is 30.3 Å². The molecule has 0 aromatic heterocycles. The number of ether oxygens (including phenoxy) is 1. The highest BCUT2D eigenvalue weighted by Crippen LogP contribution is 2.39. The van der Waals surface area contributed by atoms with Crippen molar-refractivity contribution in [2.45, 2.75) is 12.0 Å². The summed E-state index contributed by atoms with van der Waals surface area (Å²) in [6.07, 6.45) is 3.25. The Labute approximate surface area is 100 Å². The van der Waals surface area contributed by atoms with Crippen LogP contribution in [0, 0.1) is 0 Å². The van der Waals surface area contributed by atoms with Crippen LogP contribution < -0.4 is 0 Å². The average molecular weight is 230 g/mol. The Balaban J connectivity index is 2.65. The maximum Gasteiger partial charge on any atom is 0.189 e. The molecule has 17 heavy (non-hydrogen) atoms. The number of hydrogen-bond acceptors (Lipinski definition) is 3. The fourth-order valence-electron chi connectivity index (χ4n) is 2.15. The zero-order valence-electron chi connectivity index (χ0n) is 9.64. The van der Waals surface area contributed by atoms with E-state index >= 15 is 0 Å². The molecule has 1 aromatic rings. The van der Waals surface area contributed by atoms with Crippen molar-refractivity contribution < 1.29 is 14.6 Å². The van der Waals surface area contributed by atoms with Gasteiger partial charge in [0, 0.05) is 23.6 Å². The Kier molecular flexibility index (Phi) is 2.86. The molecule has 1 N–H and O–H groups in total. The van der Waals surface area contributed by atoms with Crippen LogP contribution in [0.5, 0.6) is 0 Å². The molecule has 1 aromatic carbocycles. The fourth-order valence-corrected chi connectivity index (χ4v) is 2.15. The molecule has 3 nitrogen and oxygen atoms in total. The van der Waals surface area contributed by atoms with Gasteiger partial charge in [0.05, 0.1) is 7.11 Å². The molecule has 0 spiro atoms. The summed E-state index contributed by atoms with van der Waals surface area (Å²) in [5.41, 5.74) is -0.206. The molecule has 1 aliphatic rings. The van der Waals surface area contributed by atoms with Gasteiger partial charge >= 0.3 is 0 Å². The number of methoxy groups -OCH3 is 1. The van der Waals surface area contributed by atoms with Crippen LogP contribution in [0.25, 0.3) is 0 Å². The van der Waals surface area contributed by atoms with Crippen LogP contribution in [0.2, 0.25) is 0 Å². The molecule has 0 aliphatic heterocycles. The largest absolute Gasteiger partial charge is 0.497 e. The molecule has 0 fully saturated rings. The number of hydrogen-bond donors (Lipinski definition) is 1. The highest BCUT2D eigenvalue weighted by molar-refractivity contribution is 6.07. The first-order valence-corrected chi connectivity index (χ1v) is 5.36. The Hall–Kier alpha value is -1.87. The number of rotatable bonds is 3. The van der Waals surface area contributed by atoms with Gasteiger partial charge in [-0.25, -0.2) is 0 Å². The number of carbonyl (C=O) groups excluding carboxylic acids is 1. The van der Waals surface area contributed by atoms with E-state index in [0.29, 0.717) is 17.5 Å². The van der Waals surface area contributed by atoms with Gasteiger partial charge in [-0.15, -0.1) is 6.58 Å². The number of aliphatic hydroxyl groups is 1. The molecule has 0 radical (unpaired) electrons. The molecule has 2 rings (SSSR count). The van der Waals surface area contributed by atoms with E-state index in [0.717, 1.165) is 0 Å². The van der Waals surface area contributed by atoms with E-state index in [9.17, 15) is 9.90 Å². The zero-order valence-corrected chi connectivity index (χ0v) is 9.64. The minimum Gasteiger partial charge on any atom is -0.497 e. The van der Waals surface area contributed by atoms with Crippen LogP contribution in [0.3, 0.4) is 0 Å². The predicted molar refractivity (Wildman–Crippen MR) is 64.6 cm³/mol. The highest BCUT2D eigenvalue weighted by Gasteiger charge is 2.40. The number of allylic oxidation sites excluding steroid dienone is 1. The third-order valence-corrected chi connectivity index (χ3v) is 2.97. The molecule has 1 unspecified atom stereocenters. The van der Waals surface area contributed by atoms with Gasteiger partial charge in [0.1, 0.15) is 5.76 Å². The molecule has 88 valence electrons. The molecular weight excluding hydrogens is 216 g/mol. The maximum absolute atomic E-state index is 11.9. The summed E-state index contributed by atoms with van der Waals surface area (Å²) >= 11 is 0. The summed E-state index contributed by atoms with van der Waals surface area (Å²) in [6.45, 7) is 3.63. The predicted octanol–water partition coefficient (Wildman–Crippen LogP) is 2.18. The molecule has 3 heteroatoms. The van der Waals surface area contributed by atoms with Crippen LogP contribution >= 0.6 is 0 Å². The summed E-state index contributed by atoms with van der Waals surface area (Å²) in [7, 11) is 1.45. The Morgan fingerprint density at radius 3 is 2.82 bits per heavy atom. The van der Waals surface area contributed by atoms with Gasteiger partial charge in [0.25, 0.3) is 0 Å². The van der Waals surface area contributed by atoms with E-state index in [1.165, 1.54) is 13.2 Å². The monoisotopic (exact) mass is 230 g/mol. The van der Waals surface area contributed by atoms with E-state index in [2.05, 4.69) is 6.58 Å². The van der Waals surface area contributed by atoms with Gasteiger partial charge in [-0.05, 0) is 0 Å². The van der Waals surface area contributed by atoms with Gasteiger partial charge in [-0.1, -0.05) is 30.3 Å². The van der Waals surface area contributed by atoms with Crippen molar-refractivity contribution >= 4 is 5.78 Å². The van der Waals surface area contributed by atoms with Crippen LogP contribution in [0.15, 0.2) is 48.8 Å². The number of carbonyl (C=O) groups is 1. The number of fused-ring (bicyclic) bond motifs is 1. The molecule has 1 aliphatic carbocycles. The van der Waals surface area contributed by atoms with Gasteiger partial charge in [-0.2, -0.15) is 0 Å². The molecule has 0 amide bonds. The lowest BCUT2D eigenvalue weighted by Gasteiger charge is -2.33. The standard InChI is InChI=1S/C14H14O3/c1-3-8-14(16)11-7-5-4-6-10(11)12(15)9-13(14)17-2/h3-7,9,16H,1,8H2,2H3. The van der Waals surface area contributed by atoms with Crippen molar-refractivity contribution in [3.63, 3.8) is 0 Å². The summed E-state index contributed by atoms with van der Waals surface area (Å²) in [4.78, 5) is 11.9. The second-order valence-corrected chi connectivity index (χ2v) is 3.98. The maximum atomic E-state index is 11.9. The van der Waals surface area contributed by atoms with Crippen molar-refractivity contribution in [3.05, 3.63) is 59.9 Å². The minimum absolute atomic E-state index is 0.147. The minimum atomic E-state index is -1.29. The first-order chi connectivity index (χ1) is 8.13. The lowest BCUT2D eigenvalue weighted by molar-refractivity contribution is 0.0179.